The van der Waals surface area contributed by atoms with Crippen LogP contribution in [-0.4, -0.2) is 11.8 Å². The van der Waals surface area contributed by atoms with E-state index in [9.17, 15) is 9.59 Å². The lowest BCUT2D eigenvalue weighted by Gasteiger charge is -2.51. The van der Waals surface area contributed by atoms with Crippen molar-refractivity contribution in [1.82, 2.24) is 0 Å². The minimum atomic E-state index is -0.438. The normalized spacial score (nSPS) is 33.0. The Morgan fingerprint density at radius 1 is 1.46 bits per heavy atom. The third-order valence-corrected chi connectivity index (χ3v) is 6.32. The number of fused-ring (bicyclic) bond motifs is 2. The second-order valence-electron chi connectivity index (χ2n) is 7.54. The Bertz CT molecular complexity index is 711. The molecule has 130 valence electrons. The molecule has 0 aromatic carbocycles. The Kier molecular flexibility index (Phi) is 4.18. The van der Waals surface area contributed by atoms with Crippen LogP contribution < -0.4 is 0 Å². The molecule has 4 atom stereocenters. The van der Waals surface area contributed by atoms with Crippen LogP contribution in [0.25, 0.3) is 0 Å². The van der Waals surface area contributed by atoms with Crippen molar-refractivity contribution in [3.63, 3.8) is 0 Å². The Hall–Kier alpha value is -1.84. The van der Waals surface area contributed by atoms with Crippen LogP contribution in [0, 0.1) is 24.2 Å². The number of furan rings is 1. The van der Waals surface area contributed by atoms with E-state index in [1.165, 1.54) is 0 Å². The molecule has 2 aliphatic rings. The maximum Gasteiger partial charge on any atom is 0.334 e. The highest BCUT2D eigenvalue weighted by Gasteiger charge is 2.57. The van der Waals surface area contributed by atoms with Crippen molar-refractivity contribution in [2.24, 2.45) is 17.3 Å². The highest BCUT2D eigenvalue weighted by molar-refractivity contribution is 5.88. The molecule has 0 unspecified atom stereocenters. The summed E-state index contributed by atoms with van der Waals surface area (Å²) in [5, 5.41) is 0. The maximum atomic E-state index is 12.6. The molecule has 0 amide bonds. The quantitative estimate of drug-likeness (QED) is 0.599. The molecule has 4 nitrogen and oxygen atoms in total. The van der Waals surface area contributed by atoms with Crippen LogP contribution in [-0.2, 0) is 20.7 Å². The molecule has 1 aromatic rings. The number of aryl methyl sites for hydroxylation is 1. The third-order valence-electron chi connectivity index (χ3n) is 6.32. The summed E-state index contributed by atoms with van der Waals surface area (Å²) >= 11 is 0. The number of ketones is 1. The minimum absolute atomic E-state index is 0.150. The van der Waals surface area contributed by atoms with Gasteiger partial charge < -0.3 is 9.15 Å². The van der Waals surface area contributed by atoms with E-state index in [4.69, 9.17) is 9.15 Å². The SMILES string of the molecule is C/C=C(/C)C(=O)O[C@H]1c2c(C)coc2C[C@H]2C(=O)CC[C@H](C)[C@]21C. The van der Waals surface area contributed by atoms with E-state index in [0.29, 0.717) is 24.3 Å². The summed E-state index contributed by atoms with van der Waals surface area (Å²) in [6, 6.07) is 0. The fraction of sp³-hybridized carbons (Fsp3) is 0.600. The molecular formula is C20H26O4. The lowest BCUT2D eigenvalue weighted by atomic mass is 9.54. The van der Waals surface area contributed by atoms with Crippen LogP contribution in [0.4, 0.5) is 0 Å². The van der Waals surface area contributed by atoms with Crippen molar-refractivity contribution in [3.8, 4) is 0 Å². The van der Waals surface area contributed by atoms with Crippen LogP contribution in [0.5, 0.6) is 0 Å². The summed E-state index contributed by atoms with van der Waals surface area (Å²) in [5.41, 5.74) is 2.15. The van der Waals surface area contributed by atoms with Gasteiger partial charge >= 0.3 is 5.97 Å². The molecule has 24 heavy (non-hydrogen) atoms. The van der Waals surface area contributed by atoms with Crippen molar-refractivity contribution in [2.75, 3.05) is 0 Å². The molecule has 0 saturated heterocycles. The van der Waals surface area contributed by atoms with Gasteiger partial charge in [0.15, 0.2) is 0 Å². The molecule has 0 bridgehead atoms. The first-order chi connectivity index (χ1) is 11.3. The topological polar surface area (TPSA) is 56.5 Å². The summed E-state index contributed by atoms with van der Waals surface area (Å²) in [6.45, 7) is 9.83. The van der Waals surface area contributed by atoms with Crippen LogP contribution >= 0.6 is 0 Å². The molecule has 1 aromatic heterocycles. The van der Waals surface area contributed by atoms with Crippen LogP contribution in [0.1, 0.15) is 63.5 Å². The van der Waals surface area contributed by atoms with E-state index in [1.54, 1.807) is 19.3 Å². The number of rotatable bonds is 2. The number of Topliss-reactive ketones (excluding diaryl/α,β-unsaturated/α-hetero) is 1. The fourth-order valence-electron chi connectivity index (χ4n) is 4.33. The smallest absolute Gasteiger partial charge is 0.334 e. The van der Waals surface area contributed by atoms with Gasteiger partial charge in [0.2, 0.25) is 0 Å². The van der Waals surface area contributed by atoms with E-state index in [0.717, 1.165) is 23.3 Å². The Morgan fingerprint density at radius 2 is 2.17 bits per heavy atom. The Morgan fingerprint density at radius 3 is 2.83 bits per heavy atom. The van der Waals surface area contributed by atoms with E-state index in [-0.39, 0.29) is 23.1 Å². The van der Waals surface area contributed by atoms with E-state index < -0.39 is 6.10 Å². The molecule has 3 rings (SSSR count). The van der Waals surface area contributed by atoms with Gasteiger partial charge in [-0.3, -0.25) is 4.79 Å². The average Bonchev–Trinajstić information content (AvgIpc) is 2.93. The summed E-state index contributed by atoms with van der Waals surface area (Å²) in [4.78, 5) is 25.1. The molecule has 1 saturated carbocycles. The van der Waals surface area contributed by atoms with Gasteiger partial charge in [0.1, 0.15) is 17.6 Å². The zero-order chi connectivity index (χ0) is 17.6. The number of allylic oxidation sites excluding steroid dienone is 1. The standard InChI is InChI=1S/C20H26O4/c1-6-11(2)19(22)24-18-17-12(3)10-23-16(17)9-14-15(21)8-7-13(4)20(14,18)5/h6,10,13-14,18H,7-9H2,1-5H3/b11-6-/t13-,14-,18-,20+/m0/s1. The second-order valence-corrected chi connectivity index (χ2v) is 7.54. The Labute approximate surface area is 143 Å². The monoisotopic (exact) mass is 330 g/mol. The second kappa shape index (κ2) is 5.91. The van der Waals surface area contributed by atoms with Gasteiger partial charge in [-0.15, -0.1) is 0 Å². The predicted octanol–water partition coefficient (Wildman–Crippen LogP) is 4.32. The van der Waals surface area contributed by atoms with Gasteiger partial charge in [0, 0.05) is 35.3 Å². The first-order valence-electron chi connectivity index (χ1n) is 8.74. The Balaban J connectivity index is 2.11. The summed E-state index contributed by atoms with van der Waals surface area (Å²) in [6.07, 6.45) is 5.08. The number of hydrogen-bond donors (Lipinski definition) is 0. The first-order valence-corrected chi connectivity index (χ1v) is 8.74. The largest absolute Gasteiger partial charge is 0.469 e. The number of carbonyl (C=O) groups is 2. The van der Waals surface area contributed by atoms with E-state index >= 15 is 0 Å². The fourth-order valence-corrected chi connectivity index (χ4v) is 4.33. The zero-order valence-corrected chi connectivity index (χ0v) is 15.1. The van der Waals surface area contributed by atoms with Crippen molar-refractivity contribution in [3.05, 3.63) is 34.8 Å². The maximum absolute atomic E-state index is 12.6. The number of esters is 1. The predicted molar refractivity (Wildman–Crippen MR) is 90.4 cm³/mol. The molecule has 0 spiro atoms. The van der Waals surface area contributed by atoms with Crippen LogP contribution in [0.3, 0.4) is 0 Å². The molecule has 1 heterocycles. The van der Waals surface area contributed by atoms with Crippen LogP contribution in [0.15, 0.2) is 22.3 Å². The molecule has 4 heteroatoms. The summed E-state index contributed by atoms with van der Waals surface area (Å²) in [7, 11) is 0. The van der Waals surface area contributed by atoms with Gasteiger partial charge in [-0.2, -0.15) is 0 Å². The highest BCUT2D eigenvalue weighted by atomic mass is 16.5. The van der Waals surface area contributed by atoms with Crippen molar-refractivity contribution in [2.45, 2.75) is 60.0 Å². The van der Waals surface area contributed by atoms with Crippen molar-refractivity contribution in [1.29, 1.82) is 0 Å². The van der Waals surface area contributed by atoms with Crippen LogP contribution in [0.2, 0.25) is 0 Å². The van der Waals surface area contributed by atoms with Gasteiger partial charge in [-0.05, 0) is 38.7 Å². The summed E-state index contributed by atoms with van der Waals surface area (Å²) in [5.74, 6) is 0.892. The van der Waals surface area contributed by atoms with Gasteiger partial charge in [0.25, 0.3) is 0 Å². The lowest BCUT2D eigenvalue weighted by molar-refractivity contribution is -0.169. The lowest BCUT2D eigenvalue weighted by Crippen LogP contribution is -2.51. The zero-order valence-electron chi connectivity index (χ0n) is 15.1. The molecule has 1 fully saturated rings. The van der Waals surface area contributed by atoms with Gasteiger partial charge in [0.05, 0.1) is 6.26 Å². The average molecular weight is 330 g/mol. The van der Waals surface area contributed by atoms with E-state index in [2.05, 4.69) is 13.8 Å². The molecule has 2 aliphatic carbocycles. The highest BCUT2D eigenvalue weighted by Crippen LogP contribution is 2.58. The number of hydrogen-bond acceptors (Lipinski definition) is 4. The number of ether oxygens (including phenoxy) is 1. The van der Waals surface area contributed by atoms with Crippen molar-refractivity contribution < 1.29 is 18.7 Å². The molecule has 0 N–H and O–H groups in total. The minimum Gasteiger partial charge on any atom is -0.469 e. The molecule has 0 radical (unpaired) electrons. The summed E-state index contributed by atoms with van der Waals surface area (Å²) < 4.78 is 11.7. The van der Waals surface area contributed by atoms with Gasteiger partial charge in [-0.25, -0.2) is 4.79 Å². The van der Waals surface area contributed by atoms with Gasteiger partial charge in [-0.1, -0.05) is 19.9 Å². The van der Waals surface area contributed by atoms with Crippen molar-refractivity contribution >= 4 is 11.8 Å². The first kappa shape index (κ1) is 17.0. The molecular weight excluding hydrogens is 304 g/mol. The molecule has 0 aliphatic heterocycles. The van der Waals surface area contributed by atoms with E-state index in [1.807, 2.05) is 13.8 Å². The number of carbonyl (C=O) groups excluding carboxylic acids is 2. The third kappa shape index (κ3) is 2.35.